The van der Waals surface area contributed by atoms with E-state index in [2.05, 4.69) is 20.4 Å². The predicted molar refractivity (Wildman–Crippen MR) is 135 cm³/mol. The second kappa shape index (κ2) is 8.59. The van der Waals surface area contributed by atoms with Gasteiger partial charge in [0.05, 0.1) is 11.8 Å². The van der Waals surface area contributed by atoms with Gasteiger partial charge < -0.3 is 19.5 Å². The van der Waals surface area contributed by atoms with Crippen LogP contribution in [0, 0.1) is 0 Å². The van der Waals surface area contributed by atoms with Gasteiger partial charge >= 0.3 is 6.03 Å². The Labute approximate surface area is 205 Å². The van der Waals surface area contributed by atoms with Gasteiger partial charge in [-0.25, -0.2) is 14.2 Å². The number of amides is 2. The average molecular weight is 488 g/mol. The number of hydrogen-bond donors (Lipinski definition) is 1. The van der Waals surface area contributed by atoms with Crippen molar-refractivity contribution in [3.05, 3.63) is 71.9 Å². The highest BCUT2D eigenvalue weighted by Gasteiger charge is 2.30. The van der Waals surface area contributed by atoms with Gasteiger partial charge in [0.2, 0.25) is 11.8 Å². The maximum absolute atomic E-state index is 13.0. The molecule has 1 saturated heterocycles. The Morgan fingerprint density at radius 2 is 1.97 bits per heavy atom. The molecule has 35 heavy (non-hydrogen) atoms. The van der Waals surface area contributed by atoms with Gasteiger partial charge in [-0.2, -0.15) is 0 Å². The number of carbonyl (C=O) groups excluding carboxylic acids is 1. The maximum atomic E-state index is 13.0. The van der Waals surface area contributed by atoms with E-state index in [0.717, 1.165) is 16.9 Å². The topological polar surface area (TPSA) is 91.8 Å². The molecule has 1 fully saturated rings. The first-order valence-electron chi connectivity index (χ1n) is 11.3. The SMILES string of the molecule is C[C@@H]1CN(c2nc3ccccc3c3nnc(-c4ccco4)n23)CCN1C(=O)Nc1cccc(Cl)c1. The number of nitrogens with one attached hydrogen (secondary N) is 1. The fourth-order valence-electron chi connectivity index (χ4n) is 4.55. The maximum Gasteiger partial charge on any atom is 0.322 e. The molecule has 1 atom stereocenters. The van der Waals surface area contributed by atoms with E-state index in [4.69, 9.17) is 21.0 Å². The van der Waals surface area contributed by atoms with Crippen molar-refractivity contribution >= 4 is 45.8 Å². The molecule has 0 spiro atoms. The Morgan fingerprint density at radius 3 is 2.77 bits per heavy atom. The molecule has 0 saturated carbocycles. The number of rotatable bonds is 3. The quantitative estimate of drug-likeness (QED) is 0.388. The molecule has 0 unspecified atom stereocenters. The van der Waals surface area contributed by atoms with Crippen LogP contribution in [-0.4, -0.2) is 56.2 Å². The molecule has 1 aliphatic rings. The summed E-state index contributed by atoms with van der Waals surface area (Å²) in [4.78, 5) is 22.0. The Hall–Kier alpha value is -4.11. The van der Waals surface area contributed by atoms with E-state index in [1.54, 1.807) is 18.4 Å². The molecule has 10 heteroatoms. The van der Waals surface area contributed by atoms with E-state index < -0.39 is 0 Å². The van der Waals surface area contributed by atoms with Gasteiger partial charge in [-0.1, -0.05) is 29.8 Å². The summed E-state index contributed by atoms with van der Waals surface area (Å²) in [7, 11) is 0. The molecule has 1 N–H and O–H groups in total. The lowest BCUT2D eigenvalue weighted by Gasteiger charge is -2.40. The van der Waals surface area contributed by atoms with Gasteiger partial charge in [-0.05, 0) is 49.4 Å². The molecule has 2 amide bonds. The van der Waals surface area contributed by atoms with Crippen LogP contribution in [0.5, 0.6) is 0 Å². The molecular formula is C25H22ClN7O2. The van der Waals surface area contributed by atoms with Gasteiger partial charge in [-0.3, -0.25) is 0 Å². The molecule has 0 radical (unpaired) electrons. The van der Waals surface area contributed by atoms with Crippen molar-refractivity contribution in [2.24, 2.45) is 0 Å². The number of aromatic nitrogens is 4. The number of benzene rings is 2. The van der Waals surface area contributed by atoms with Gasteiger partial charge in [0.1, 0.15) is 0 Å². The van der Waals surface area contributed by atoms with Crippen LogP contribution in [0.1, 0.15) is 6.92 Å². The minimum atomic E-state index is -0.156. The summed E-state index contributed by atoms with van der Waals surface area (Å²) >= 11 is 6.06. The van der Waals surface area contributed by atoms with E-state index in [9.17, 15) is 4.79 Å². The molecule has 5 aromatic rings. The molecule has 9 nitrogen and oxygen atoms in total. The normalized spacial score (nSPS) is 16.2. The molecular weight excluding hydrogens is 466 g/mol. The monoisotopic (exact) mass is 487 g/mol. The number of para-hydroxylation sites is 1. The molecule has 2 aromatic carbocycles. The fourth-order valence-corrected chi connectivity index (χ4v) is 4.74. The highest BCUT2D eigenvalue weighted by Crippen LogP contribution is 2.30. The lowest BCUT2D eigenvalue weighted by atomic mass is 10.2. The summed E-state index contributed by atoms with van der Waals surface area (Å²) in [6.45, 7) is 3.76. The Morgan fingerprint density at radius 1 is 1.09 bits per heavy atom. The van der Waals surface area contributed by atoms with Gasteiger partial charge in [0, 0.05) is 41.8 Å². The van der Waals surface area contributed by atoms with Crippen LogP contribution in [-0.2, 0) is 0 Å². The summed E-state index contributed by atoms with van der Waals surface area (Å²) in [5.41, 5.74) is 2.22. The predicted octanol–water partition coefficient (Wildman–Crippen LogP) is 4.93. The minimum absolute atomic E-state index is 0.0604. The summed E-state index contributed by atoms with van der Waals surface area (Å²) in [6.07, 6.45) is 1.62. The third kappa shape index (κ3) is 3.83. The second-order valence-electron chi connectivity index (χ2n) is 8.52. The number of anilines is 2. The lowest BCUT2D eigenvalue weighted by molar-refractivity contribution is 0.184. The number of carbonyl (C=O) groups is 1. The zero-order valence-corrected chi connectivity index (χ0v) is 19.7. The van der Waals surface area contributed by atoms with Crippen LogP contribution in [0.3, 0.4) is 0 Å². The number of furan rings is 1. The molecule has 6 rings (SSSR count). The van der Waals surface area contributed by atoms with Crippen LogP contribution < -0.4 is 10.2 Å². The summed E-state index contributed by atoms with van der Waals surface area (Å²) in [6, 6.07) is 18.5. The first-order chi connectivity index (χ1) is 17.1. The van der Waals surface area contributed by atoms with E-state index in [1.807, 2.05) is 64.8 Å². The van der Waals surface area contributed by atoms with Crippen molar-refractivity contribution < 1.29 is 9.21 Å². The zero-order chi connectivity index (χ0) is 23.9. The molecule has 176 valence electrons. The van der Waals surface area contributed by atoms with Crippen LogP contribution >= 0.6 is 11.6 Å². The third-order valence-corrected chi connectivity index (χ3v) is 6.45. The number of halogens is 1. The Balaban J connectivity index is 1.33. The third-order valence-electron chi connectivity index (χ3n) is 6.22. The van der Waals surface area contributed by atoms with Crippen molar-refractivity contribution in [3.8, 4) is 11.6 Å². The average Bonchev–Trinajstić information content (AvgIpc) is 3.54. The van der Waals surface area contributed by atoms with Crippen LogP contribution in [0.15, 0.2) is 71.3 Å². The fraction of sp³-hybridized carbons (Fsp3) is 0.200. The molecule has 3 aromatic heterocycles. The van der Waals surface area contributed by atoms with Crippen LogP contribution in [0.4, 0.5) is 16.4 Å². The van der Waals surface area contributed by atoms with E-state index in [0.29, 0.717) is 47.6 Å². The Bertz CT molecular complexity index is 1530. The minimum Gasteiger partial charge on any atom is -0.461 e. The summed E-state index contributed by atoms with van der Waals surface area (Å²) in [5.74, 6) is 1.92. The largest absolute Gasteiger partial charge is 0.461 e. The molecule has 1 aliphatic heterocycles. The standard InChI is InChI=1S/C25H22ClN7O2/c1-16-15-31(11-12-32(16)25(34)27-18-7-4-6-17(26)14-18)24-28-20-9-3-2-8-19(20)22-29-30-23(33(22)24)21-10-5-13-35-21/h2-10,13-14,16H,11-12,15H2,1H3,(H,27,34)/t16-/m1/s1. The highest BCUT2D eigenvalue weighted by molar-refractivity contribution is 6.30. The second-order valence-corrected chi connectivity index (χ2v) is 8.95. The van der Waals surface area contributed by atoms with E-state index in [-0.39, 0.29) is 12.1 Å². The molecule has 0 bridgehead atoms. The van der Waals surface area contributed by atoms with Crippen molar-refractivity contribution in [1.29, 1.82) is 0 Å². The van der Waals surface area contributed by atoms with Crippen molar-refractivity contribution in [2.45, 2.75) is 13.0 Å². The number of fused-ring (bicyclic) bond motifs is 3. The molecule has 0 aliphatic carbocycles. The summed E-state index contributed by atoms with van der Waals surface area (Å²) < 4.78 is 7.57. The van der Waals surface area contributed by atoms with Crippen LogP contribution in [0.2, 0.25) is 5.02 Å². The van der Waals surface area contributed by atoms with E-state index in [1.165, 1.54) is 0 Å². The first kappa shape index (κ1) is 21.4. The van der Waals surface area contributed by atoms with Gasteiger partial charge in [0.25, 0.3) is 0 Å². The zero-order valence-electron chi connectivity index (χ0n) is 18.9. The number of hydrogen-bond acceptors (Lipinski definition) is 6. The van der Waals surface area contributed by atoms with E-state index >= 15 is 0 Å². The first-order valence-corrected chi connectivity index (χ1v) is 11.7. The van der Waals surface area contributed by atoms with Gasteiger partial charge in [-0.15, -0.1) is 10.2 Å². The van der Waals surface area contributed by atoms with Crippen molar-refractivity contribution in [1.82, 2.24) is 24.5 Å². The number of urea groups is 1. The summed E-state index contributed by atoms with van der Waals surface area (Å²) in [5, 5.41) is 13.3. The van der Waals surface area contributed by atoms with Gasteiger partial charge in [0.15, 0.2) is 11.4 Å². The number of nitrogens with zero attached hydrogens (tertiary/aromatic N) is 6. The smallest absolute Gasteiger partial charge is 0.322 e. The highest BCUT2D eigenvalue weighted by atomic mass is 35.5. The van der Waals surface area contributed by atoms with Crippen LogP contribution in [0.25, 0.3) is 28.1 Å². The van der Waals surface area contributed by atoms with Crippen molar-refractivity contribution in [3.63, 3.8) is 0 Å². The lowest BCUT2D eigenvalue weighted by Crippen LogP contribution is -2.55. The molecule has 4 heterocycles. The Kier molecular flexibility index (Phi) is 5.26. The van der Waals surface area contributed by atoms with Crippen molar-refractivity contribution in [2.75, 3.05) is 29.9 Å². The number of piperazine rings is 1.